The van der Waals surface area contributed by atoms with Crippen LogP contribution in [0, 0.1) is 5.92 Å². The van der Waals surface area contributed by atoms with Crippen LogP contribution < -0.4 is 0 Å². The van der Waals surface area contributed by atoms with E-state index in [2.05, 4.69) is 0 Å². The van der Waals surface area contributed by atoms with Crippen molar-refractivity contribution >= 4 is 11.8 Å². The minimum atomic E-state index is -1.54. The fourth-order valence-corrected chi connectivity index (χ4v) is 1.23. The molecule has 3 nitrogen and oxygen atoms in total. The highest BCUT2D eigenvalue weighted by Gasteiger charge is 2.29. The lowest BCUT2D eigenvalue weighted by atomic mass is 10.0. The van der Waals surface area contributed by atoms with Gasteiger partial charge in [-0.2, -0.15) is 0 Å². The highest BCUT2D eigenvalue weighted by molar-refractivity contribution is 6.00. The van der Waals surface area contributed by atoms with Gasteiger partial charge in [0.25, 0.3) is 0 Å². The van der Waals surface area contributed by atoms with Gasteiger partial charge in [0.2, 0.25) is 0 Å². The largest absolute Gasteiger partial charge is 0.465 e. The molecule has 0 saturated carbocycles. The van der Waals surface area contributed by atoms with Crippen LogP contribution in [0.25, 0.3) is 0 Å². The molecular weight excluding hydrogens is 211 g/mol. The van der Waals surface area contributed by atoms with Gasteiger partial charge in [-0.05, 0) is 19.8 Å². The fourth-order valence-electron chi connectivity index (χ4n) is 1.23. The lowest BCUT2D eigenvalue weighted by Crippen LogP contribution is -2.30. The quantitative estimate of drug-likeness (QED) is 0.367. The second-order valence-electron chi connectivity index (χ2n) is 3.90. The number of rotatable bonds is 8. The van der Waals surface area contributed by atoms with Gasteiger partial charge >= 0.3 is 5.97 Å². The van der Waals surface area contributed by atoms with E-state index in [1.165, 1.54) is 6.92 Å². The summed E-state index contributed by atoms with van der Waals surface area (Å²) in [6.45, 7) is 5.47. The van der Waals surface area contributed by atoms with Crippen molar-refractivity contribution in [2.45, 2.75) is 52.6 Å². The normalized spacial score (nSPS) is 14.2. The van der Waals surface area contributed by atoms with E-state index in [0.717, 1.165) is 12.8 Å². The zero-order chi connectivity index (χ0) is 12.6. The zero-order valence-corrected chi connectivity index (χ0v) is 10.3. The van der Waals surface area contributed by atoms with Crippen LogP contribution in [0.2, 0.25) is 0 Å². The van der Waals surface area contributed by atoms with Crippen LogP contribution in [0.1, 0.15) is 46.5 Å². The smallest absolute Gasteiger partial charge is 0.316 e. The number of hydrogen-bond acceptors (Lipinski definition) is 3. The van der Waals surface area contributed by atoms with Gasteiger partial charge in [-0.25, -0.2) is 4.39 Å². The number of esters is 1. The van der Waals surface area contributed by atoms with Crippen molar-refractivity contribution in [1.29, 1.82) is 0 Å². The van der Waals surface area contributed by atoms with Crippen LogP contribution in [-0.4, -0.2) is 24.5 Å². The third-order valence-corrected chi connectivity index (χ3v) is 2.37. The molecule has 0 aromatic carbocycles. The van der Waals surface area contributed by atoms with E-state index in [1.807, 2.05) is 6.92 Å². The number of carbonyl (C=O) groups excluding carboxylic acids is 2. The molecule has 0 aliphatic heterocycles. The first-order valence-corrected chi connectivity index (χ1v) is 5.89. The fraction of sp³-hybridized carbons (Fsp3) is 0.833. The van der Waals surface area contributed by atoms with Crippen LogP contribution in [-0.2, 0) is 14.3 Å². The highest BCUT2D eigenvalue weighted by atomic mass is 19.1. The molecule has 0 amide bonds. The summed E-state index contributed by atoms with van der Waals surface area (Å²) in [5, 5.41) is 0. The summed E-state index contributed by atoms with van der Waals surface area (Å²) in [5.41, 5.74) is 0. The van der Waals surface area contributed by atoms with E-state index in [-0.39, 0.29) is 6.42 Å². The molecule has 0 fully saturated rings. The lowest BCUT2D eigenvalue weighted by Gasteiger charge is -2.12. The van der Waals surface area contributed by atoms with Gasteiger partial charge in [0.1, 0.15) is 5.92 Å². The molecule has 2 atom stereocenters. The van der Waals surface area contributed by atoms with Crippen LogP contribution in [0.4, 0.5) is 4.39 Å². The Balaban J connectivity index is 4.05. The number of Topliss-reactive ketones (excluding diaryl/α,β-unsaturated/α-hetero) is 1. The molecule has 94 valence electrons. The van der Waals surface area contributed by atoms with E-state index in [0.29, 0.717) is 13.0 Å². The standard InChI is InChI=1S/C12H21FO3/c1-4-6-8-16-12(15)9(3)11(14)10(13)7-5-2/h9-10H,4-8H2,1-3H3. The lowest BCUT2D eigenvalue weighted by molar-refractivity contribution is -0.152. The molecule has 0 rings (SSSR count). The topological polar surface area (TPSA) is 43.4 Å². The molecule has 4 heteroatoms. The molecule has 0 aliphatic rings. The van der Waals surface area contributed by atoms with Gasteiger partial charge in [0, 0.05) is 0 Å². The Kier molecular flexibility index (Phi) is 7.77. The minimum Gasteiger partial charge on any atom is -0.465 e. The number of carbonyl (C=O) groups is 2. The number of hydrogen-bond donors (Lipinski definition) is 0. The minimum absolute atomic E-state index is 0.172. The summed E-state index contributed by atoms with van der Waals surface area (Å²) in [5.74, 6) is -2.26. The Labute approximate surface area is 96.4 Å². The maximum Gasteiger partial charge on any atom is 0.316 e. The molecule has 0 aromatic rings. The first-order valence-electron chi connectivity index (χ1n) is 5.89. The molecule has 0 N–H and O–H groups in total. The van der Waals surface area contributed by atoms with Gasteiger partial charge in [-0.3, -0.25) is 9.59 Å². The summed E-state index contributed by atoms with van der Waals surface area (Å²) in [7, 11) is 0. The van der Waals surface area contributed by atoms with Gasteiger partial charge < -0.3 is 4.74 Å². The average Bonchev–Trinajstić information content (AvgIpc) is 2.27. The predicted molar refractivity (Wildman–Crippen MR) is 59.8 cm³/mol. The first-order chi connectivity index (χ1) is 7.54. The summed E-state index contributed by atoms with van der Waals surface area (Å²) >= 11 is 0. The number of halogens is 1. The third kappa shape index (κ3) is 5.24. The van der Waals surface area contributed by atoms with Crippen LogP contribution in [0.5, 0.6) is 0 Å². The molecule has 0 radical (unpaired) electrons. The molecule has 0 bridgehead atoms. The van der Waals surface area contributed by atoms with E-state index < -0.39 is 23.8 Å². The summed E-state index contributed by atoms with van der Waals surface area (Å²) in [6, 6.07) is 0. The molecule has 0 aromatic heterocycles. The van der Waals surface area contributed by atoms with Crippen molar-refractivity contribution in [1.82, 2.24) is 0 Å². The summed E-state index contributed by atoms with van der Waals surface area (Å²) < 4.78 is 18.1. The van der Waals surface area contributed by atoms with Gasteiger partial charge in [-0.1, -0.05) is 26.7 Å². The van der Waals surface area contributed by atoms with Crippen LogP contribution in [0.15, 0.2) is 0 Å². The Bertz CT molecular complexity index is 228. The average molecular weight is 232 g/mol. The first kappa shape index (κ1) is 15.1. The van der Waals surface area contributed by atoms with E-state index in [9.17, 15) is 14.0 Å². The number of unbranched alkanes of at least 4 members (excludes halogenated alkanes) is 1. The van der Waals surface area contributed by atoms with Crippen molar-refractivity contribution in [3.8, 4) is 0 Å². The maximum absolute atomic E-state index is 13.2. The monoisotopic (exact) mass is 232 g/mol. The molecular formula is C12H21FO3. The maximum atomic E-state index is 13.2. The molecule has 0 heterocycles. The van der Waals surface area contributed by atoms with Gasteiger partial charge in [0.05, 0.1) is 6.61 Å². The van der Waals surface area contributed by atoms with Gasteiger partial charge in [-0.15, -0.1) is 0 Å². The van der Waals surface area contributed by atoms with Gasteiger partial charge in [0.15, 0.2) is 12.0 Å². The second kappa shape index (κ2) is 8.25. The van der Waals surface area contributed by atoms with Crippen molar-refractivity contribution in [2.75, 3.05) is 6.61 Å². The predicted octanol–water partition coefficient (Wildman–Crippen LogP) is 2.67. The van der Waals surface area contributed by atoms with Crippen LogP contribution in [0.3, 0.4) is 0 Å². The third-order valence-electron chi connectivity index (χ3n) is 2.37. The van der Waals surface area contributed by atoms with E-state index in [4.69, 9.17) is 4.74 Å². The van der Waals surface area contributed by atoms with Crippen molar-refractivity contribution in [3.63, 3.8) is 0 Å². The van der Waals surface area contributed by atoms with Crippen molar-refractivity contribution < 1.29 is 18.7 Å². The zero-order valence-electron chi connectivity index (χ0n) is 10.3. The van der Waals surface area contributed by atoms with E-state index in [1.54, 1.807) is 6.92 Å². The van der Waals surface area contributed by atoms with Crippen LogP contribution >= 0.6 is 0 Å². The highest BCUT2D eigenvalue weighted by Crippen LogP contribution is 2.11. The second-order valence-corrected chi connectivity index (χ2v) is 3.90. The van der Waals surface area contributed by atoms with Crippen molar-refractivity contribution in [2.24, 2.45) is 5.92 Å². The molecule has 0 saturated heterocycles. The molecule has 16 heavy (non-hydrogen) atoms. The number of ether oxygens (including phenoxy) is 1. The molecule has 0 spiro atoms. The molecule has 2 unspecified atom stereocenters. The van der Waals surface area contributed by atoms with E-state index >= 15 is 0 Å². The Morgan fingerprint density at radius 1 is 1.25 bits per heavy atom. The van der Waals surface area contributed by atoms with Crippen molar-refractivity contribution in [3.05, 3.63) is 0 Å². The Morgan fingerprint density at radius 3 is 2.38 bits per heavy atom. The summed E-state index contributed by atoms with van der Waals surface area (Å²) in [6.07, 6.45) is 0.895. The number of ketones is 1. The molecule has 0 aliphatic carbocycles. The summed E-state index contributed by atoms with van der Waals surface area (Å²) in [4.78, 5) is 22.8. The Morgan fingerprint density at radius 2 is 1.88 bits per heavy atom. The Hall–Kier alpha value is -0.930. The number of alkyl halides is 1. The SMILES string of the molecule is CCCCOC(=O)C(C)C(=O)C(F)CCC.